The van der Waals surface area contributed by atoms with E-state index in [2.05, 4.69) is 65.1 Å². The fraction of sp³-hybridized carbons (Fsp3) is 0.702. The van der Waals surface area contributed by atoms with E-state index in [1.807, 2.05) is 0 Å². The van der Waals surface area contributed by atoms with Crippen LogP contribution in [-0.2, 0) is 6.54 Å². The Bertz CT molecular complexity index is 2270. The second kappa shape index (κ2) is 22.4. The van der Waals surface area contributed by atoms with Crippen molar-refractivity contribution in [1.82, 2.24) is 5.32 Å². The molecule has 0 aromatic heterocycles. The highest BCUT2D eigenvalue weighted by Crippen LogP contribution is 2.65. The number of halogens is 4. The molecule has 408 valence electrons. The van der Waals surface area contributed by atoms with Crippen molar-refractivity contribution in [3.8, 4) is 23.0 Å². The van der Waals surface area contributed by atoms with Crippen molar-refractivity contribution in [2.75, 3.05) is 33.4 Å². The molecule has 2 aliphatic heterocycles. The smallest absolute Gasteiger partial charge is 0.400 e. The lowest BCUT2D eigenvalue weighted by Gasteiger charge is -2.56. The Balaban J connectivity index is 0.000000175. The van der Waals surface area contributed by atoms with Gasteiger partial charge in [-0.3, -0.25) is 4.79 Å². The quantitative estimate of drug-likeness (QED) is 0.0678. The van der Waals surface area contributed by atoms with E-state index in [1.54, 1.807) is 12.1 Å². The molecule has 14 atom stereocenters. The van der Waals surface area contributed by atoms with Gasteiger partial charge in [0.05, 0.1) is 12.2 Å². The zero-order valence-corrected chi connectivity index (χ0v) is 43.5. The summed E-state index contributed by atoms with van der Waals surface area (Å²) < 4.78 is 69.1. The second-order valence-corrected chi connectivity index (χ2v) is 23.4. The molecule has 8 N–H and O–H groups in total. The van der Waals surface area contributed by atoms with E-state index in [-0.39, 0.29) is 87.5 Å². The minimum absolute atomic E-state index is 0.0179. The van der Waals surface area contributed by atoms with Crippen LogP contribution in [0.4, 0.5) is 17.6 Å². The number of rotatable bonds is 10. The summed E-state index contributed by atoms with van der Waals surface area (Å²) in [7, 11) is 1.00. The van der Waals surface area contributed by atoms with Gasteiger partial charge in [-0.25, -0.2) is 0 Å². The predicted octanol–water partition coefficient (Wildman–Crippen LogP) is 9.79. The van der Waals surface area contributed by atoms with Gasteiger partial charge in [-0.05, 0) is 208 Å². The molecule has 0 amide bonds. The fourth-order valence-electron chi connectivity index (χ4n) is 15.5. The van der Waals surface area contributed by atoms with Gasteiger partial charge in [0.25, 0.3) is 0 Å². The number of fused-ring (bicyclic) bond motifs is 4. The number of hydrogen-bond donors (Lipinski definition) is 7. The molecule has 0 saturated heterocycles. The number of hydrogen-bond acceptors (Lipinski definition) is 12. The van der Waals surface area contributed by atoms with Crippen molar-refractivity contribution in [3.05, 3.63) is 71.8 Å². The van der Waals surface area contributed by atoms with Crippen LogP contribution in [0.15, 0.2) is 60.7 Å². The van der Waals surface area contributed by atoms with Crippen molar-refractivity contribution < 1.29 is 66.8 Å². The Morgan fingerprint density at radius 3 is 1.58 bits per heavy atom. The van der Waals surface area contributed by atoms with Crippen molar-refractivity contribution >= 4 is 6.29 Å². The van der Waals surface area contributed by atoms with Crippen LogP contribution in [0.5, 0.6) is 23.0 Å². The molecule has 6 aliphatic carbocycles. The number of carbonyl (C=O) groups excluding carboxylic acids is 1. The first-order valence-corrected chi connectivity index (χ1v) is 26.6. The topological polar surface area (TPSA) is 193 Å². The van der Waals surface area contributed by atoms with Gasteiger partial charge in [0.15, 0.2) is 23.0 Å². The second-order valence-electron chi connectivity index (χ2n) is 23.4. The number of aldehydes is 1. The first kappa shape index (κ1) is 56.9. The molecule has 6 fully saturated rings. The minimum Gasteiger partial charge on any atom is -0.400 e. The molecule has 2 heterocycles. The number of aliphatic hydroxyl groups is 5. The number of ether oxygens (including phenoxy) is 4. The van der Waals surface area contributed by atoms with E-state index in [1.165, 1.54) is 54.7 Å². The lowest BCUT2D eigenvalue weighted by atomic mass is 9.49. The van der Waals surface area contributed by atoms with E-state index >= 15 is 0 Å². The monoisotopic (exact) mass is 1030 g/mol. The number of alkyl halides is 4. The molecule has 16 heteroatoms. The van der Waals surface area contributed by atoms with Crippen LogP contribution in [0.25, 0.3) is 0 Å². The van der Waals surface area contributed by atoms with Crippen molar-refractivity contribution in [3.63, 3.8) is 0 Å². The Labute approximate surface area is 429 Å². The molecule has 73 heavy (non-hydrogen) atoms. The van der Waals surface area contributed by atoms with Gasteiger partial charge in [-0.2, -0.15) is 0 Å². The lowest BCUT2D eigenvalue weighted by molar-refractivity contribution is -0.287. The van der Waals surface area contributed by atoms with Crippen LogP contribution in [-0.4, -0.2) is 90.0 Å². The Hall–Kier alpha value is -3.77. The third-order valence-corrected chi connectivity index (χ3v) is 19.9. The summed E-state index contributed by atoms with van der Waals surface area (Å²) in [6.45, 7) is 20.7. The van der Waals surface area contributed by atoms with Crippen LogP contribution in [0, 0.1) is 69.0 Å². The molecule has 6 saturated carbocycles. The van der Waals surface area contributed by atoms with Gasteiger partial charge in [0.1, 0.15) is 6.29 Å². The maximum absolute atomic E-state index is 13.4. The molecular formula is C57H82F4N2O10. The lowest BCUT2D eigenvalue weighted by Crippen LogP contribution is -2.53. The number of nitrogens with one attached hydrogen (secondary N) is 1. The predicted molar refractivity (Wildman–Crippen MR) is 269 cm³/mol. The zero-order valence-electron chi connectivity index (χ0n) is 43.5. The molecular weight excluding hydrogens is 949 g/mol. The zero-order chi connectivity index (χ0) is 53.3. The third kappa shape index (κ3) is 11.4. The van der Waals surface area contributed by atoms with Crippen molar-refractivity contribution in [1.29, 1.82) is 0 Å². The van der Waals surface area contributed by atoms with Gasteiger partial charge in [0.2, 0.25) is 0 Å². The largest absolute Gasteiger partial charge is 0.586 e. The summed E-state index contributed by atoms with van der Waals surface area (Å²) in [5.74, 6) is 3.41. The van der Waals surface area contributed by atoms with Crippen LogP contribution in [0.1, 0.15) is 134 Å². The van der Waals surface area contributed by atoms with Crippen molar-refractivity contribution in [2.45, 2.75) is 149 Å². The molecule has 8 aliphatic rings. The van der Waals surface area contributed by atoms with Crippen LogP contribution >= 0.6 is 0 Å². The molecule has 0 spiro atoms. The number of aliphatic hydroxyl groups excluding tert-OH is 5. The summed E-state index contributed by atoms with van der Waals surface area (Å²) in [4.78, 5) is 10.3. The van der Waals surface area contributed by atoms with Crippen LogP contribution in [0.3, 0.4) is 0 Å². The van der Waals surface area contributed by atoms with Crippen molar-refractivity contribution in [2.24, 2.45) is 74.7 Å². The Morgan fingerprint density at radius 1 is 0.644 bits per heavy atom. The first-order chi connectivity index (χ1) is 34.5. The summed E-state index contributed by atoms with van der Waals surface area (Å²) in [6.07, 6.45) is 7.01. The highest BCUT2D eigenvalue weighted by Gasteiger charge is 2.58. The summed E-state index contributed by atoms with van der Waals surface area (Å²) in [6, 6.07) is 8.78. The normalized spacial score (nSPS) is 38.3. The van der Waals surface area contributed by atoms with E-state index < -0.39 is 12.6 Å². The average molecular weight is 1030 g/mol. The van der Waals surface area contributed by atoms with E-state index in [0.717, 1.165) is 90.0 Å². The molecule has 0 bridgehead atoms. The van der Waals surface area contributed by atoms with E-state index in [4.69, 9.17) is 10.8 Å². The average Bonchev–Trinajstić information content (AvgIpc) is 4.06. The molecule has 2 aromatic rings. The maximum atomic E-state index is 13.4. The highest BCUT2D eigenvalue weighted by atomic mass is 19.3. The number of carbonyl (C=O) groups is 1. The van der Waals surface area contributed by atoms with Gasteiger partial charge in [-0.15, -0.1) is 17.6 Å². The van der Waals surface area contributed by atoms with Gasteiger partial charge < -0.3 is 55.5 Å². The third-order valence-electron chi connectivity index (χ3n) is 19.9. The molecule has 2 aromatic carbocycles. The molecule has 0 radical (unpaired) electrons. The van der Waals surface area contributed by atoms with Gasteiger partial charge in [-0.1, -0.05) is 58.1 Å². The molecule has 12 nitrogen and oxygen atoms in total. The van der Waals surface area contributed by atoms with Crippen LogP contribution < -0.4 is 30.0 Å². The van der Waals surface area contributed by atoms with Gasteiger partial charge in [0, 0.05) is 32.4 Å². The maximum Gasteiger partial charge on any atom is 0.586 e. The van der Waals surface area contributed by atoms with E-state index in [9.17, 15) is 42.8 Å². The number of benzene rings is 2. The van der Waals surface area contributed by atoms with E-state index in [0.29, 0.717) is 54.8 Å². The molecule has 0 unspecified atom stereocenters. The number of allylic oxidation sites excluding steroid dienone is 2. The summed E-state index contributed by atoms with van der Waals surface area (Å²) >= 11 is 0. The fourth-order valence-corrected chi connectivity index (χ4v) is 15.5. The Morgan fingerprint density at radius 2 is 1.10 bits per heavy atom. The SMILES string of the molecule is C=C1CC[C@H]2[C@H](CN)[C@@H]([C@@]3(C)CC[C@H](O)C[C@@H]3CO)CC[C@]12C.C=C1CC[C@H]2[C@H](CNCc3ccc4c(c3)OC(F)(F)O4)[C@@H]([C@@]3(C)CC[C@H](O)C[C@@H]3CO)CC[C@]12C.CO.O=Cc1ccc2c(c1)OC(F)(F)O2. The highest BCUT2D eigenvalue weighted by molar-refractivity contribution is 5.76. The standard InChI is InChI=1S/C28H39F2NO4.C20H35NO2.C8H4F2O3.CH4O/c1-17-4-6-22-21(15-31-14-18-5-7-24-25(12-18)35-28(29,30)34-24)23(9-11-26(17,22)2)27(3)10-8-20(33)13-19(27)16-32;1-13-4-5-17-16(11-21)18(7-9-19(13,17)2)20(3)8-6-15(23)10-14(20)12-22;9-8(10)12-6-2-1-5(4-11)3-7(6)13-8;1-2/h5,7,12,19-23,31-33H,1,4,6,8-11,13-16H2,2-3H3;14-18,22-23H,1,4-12,21H2,2-3H3;1-4H;2H,1H3/t19-,20+,21+,22+,23+,26-,27+;14-,15+,16+,17+,18+,19-,20+;;/m11../s1. The summed E-state index contributed by atoms with van der Waals surface area (Å²) in [5, 5.41) is 51.2. The first-order valence-electron chi connectivity index (χ1n) is 26.6. The van der Waals surface area contributed by atoms with Crippen LogP contribution in [0.2, 0.25) is 0 Å². The minimum atomic E-state index is -3.62. The molecule has 10 rings (SSSR count). The van der Waals surface area contributed by atoms with Gasteiger partial charge >= 0.3 is 12.6 Å². The number of nitrogens with two attached hydrogens (primary N) is 1. The summed E-state index contributed by atoms with van der Waals surface area (Å²) in [5.41, 5.74) is 10.7. The Kier molecular flexibility index (Phi) is 17.5.